The van der Waals surface area contributed by atoms with Gasteiger partial charge in [-0.3, -0.25) is 9.36 Å². The minimum atomic E-state index is -0.286. The van der Waals surface area contributed by atoms with Gasteiger partial charge in [0.2, 0.25) is 0 Å². The SMILES string of the molecule is COc1ccc(C=NNC(=O)CSc2nnc(-c3ccc(C)cc3)n2-c2ccc(Cl)cc2)c(OC)c1. The number of thioether (sulfide) groups is 1. The van der Waals surface area contributed by atoms with Gasteiger partial charge >= 0.3 is 0 Å². The van der Waals surface area contributed by atoms with E-state index in [9.17, 15) is 4.79 Å². The molecule has 0 aliphatic heterocycles. The van der Waals surface area contributed by atoms with E-state index in [-0.39, 0.29) is 11.7 Å². The van der Waals surface area contributed by atoms with Crippen molar-refractivity contribution in [3.63, 3.8) is 0 Å². The molecule has 3 aromatic carbocycles. The average molecular weight is 522 g/mol. The van der Waals surface area contributed by atoms with Crippen molar-refractivity contribution in [1.29, 1.82) is 0 Å². The van der Waals surface area contributed by atoms with E-state index < -0.39 is 0 Å². The van der Waals surface area contributed by atoms with Crippen LogP contribution in [0.1, 0.15) is 11.1 Å². The van der Waals surface area contributed by atoms with Crippen molar-refractivity contribution in [3.8, 4) is 28.6 Å². The molecule has 1 aromatic heterocycles. The number of aryl methyl sites for hydroxylation is 1. The number of nitrogens with zero attached hydrogens (tertiary/aromatic N) is 4. The predicted molar refractivity (Wildman–Crippen MR) is 143 cm³/mol. The van der Waals surface area contributed by atoms with Crippen LogP contribution in [0.5, 0.6) is 11.5 Å². The summed E-state index contributed by atoms with van der Waals surface area (Å²) >= 11 is 7.35. The highest BCUT2D eigenvalue weighted by Crippen LogP contribution is 2.29. The molecule has 8 nitrogen and oxygen atoms in total. The van der Waals surface area contributed by atoms with Crippen LogP contribution in [0.2, 0.25) is 5.02 Å². The van der Waals surface area contributed by atoms with E-state index in [0.29, 0.717) is 33.1 Å². The molecule has 0 aliphatic carbocycles. The first-order valence-corrected chi connectivity index (χ1v) is 12.3. The molecule has 1 heterocycles. The molecule has 184 valence electrons. The highest BCUT2D eigenvalue weighted by Gasteiger charge is 2.17. The smallest absolute Gasteiger partial charge is 0.250 e. The summed E-state index contributed by atoms with van der Waals surface area (Å²) < 4.78 is 12.4. The van der Waals surface area contributed by atoms with Crippen molar-refractivity contribution in [1.82, 2.24) is 20.2 Å². The van der Waals surface area contributed by atoms with Crippen molar-refractivity contribution >= 4 is 35.5 Å². The number of methoxy groups -OCH3 is 2. The van der Waals surface area contributed by atoms with Gasteiger partial charge in [-0.25, -0.2) is 5.43 Å². The first-order valence-electron chi connectivity index (χ1n) is 10.9. The molecule has 0 aliphatic rings. The largest absolute Gasteiger partial charge is 0.497 e. The van der Waals surface area contributed by atoms with Crippen LogP contribution in [0.3, 0.4) is 0 Å². The van der Waals surface area contributed by atoms with Crippen LogP contribution in [0.25, 0.3) is 17.1 Å². The minimum Gasteiger partial charge on any atom is -0.497 e. The lowest BCUT2D eigenvalue weighted by Gasteiger charge is -2.10. The fourth-order valence-electron chi connectivity index (χ4n) is 3.34. The average Bonchev–Trinajstić information content (AvgIpc) is 3.32. The summed E-state index contributed by atoms with van der Waals surface area (Å²) in [5.41, 5.74) is 6.15. The third-order valence-corrected chi connectivity index (χ3v) is 6.37. The van der Waals surface area contributed by atoms with Gasteiger partial charge in [-0.1, -0.05) is 53.2 Å². The molecule has 10 heteroatoms. The summed E-state index contributed by atoms with van der Waals surface area (Å²) in [5.74, 6) is 1.73. The Morgan fingerprint density at radius 3 is 2.50 bits per heavy atom. The van der Waals surface area contributed by atoms with Crippen LogP contribution in [0, 0.1) is 6.92 Å². The Bertz CT molecular complexity index is 1370. The number of aromatic nitrogens is 3. The van der Waals surface area contributed by atoms with Gasteiger partial charge in [0.25, 0.3) is 5.91 Å². The van der Waals surface area contributed by atoms with Crippen LogP contribution in [0.15, 0.2) is 77.0 Å². The highest BCUT2D eigenvalue weighted by molar-refractivity contribution is 7.99. The van der Waals surface area contributed by atoms with Crippen molar-refractivity contribution in [2.24, 2.45) is 5.10 Å². The summed E-state index contributed by atoms with van der Waals surface area (Å²) in [6.45, 7) is 2.03. The third-order valence-electron chi connectivity index (χ3n) is 5.19. The normalized spacial score (nSPS) is 11.0. The third kappa shape index (κ3) is 6.05. The van der Waals surface area contributed by atoms with Crippen molar-refractivity contribution < 1.29 is 14.3 Å². The fraction of sp³-hybridized carbons (Fsp3) is 0.154. The van der Waals surface area contributed by atoms with Gasteiger partial charge in [-0.15, -0.1) is 10.2 Å². The first-order chi connectivity index (χ1) is 17.5. The van der Waals surface area contributed by atoms with E-state index in [1.807, 2.05) is 47.9 Å². The number of hydrazone groups is 1. The Morgan fingerprint density at radius 1 is 1.06 bits per heavy atom. The maximum absolute atomic E-state index is 12.5. The Morgan fingerprint density at radius 2 is 1.81 bits per heavy atom. The molecule has 0 bridgehead atoms. The number of carbonyl (C=O) groups is 1. The zero-order valence-electron chi connectivity index (χ0n) is 19.9. The molecule has 0 radical (unpaired) electrons. The maximum Gasteiger partial charge on any atom is 0.250 e. The molecule has 0 atom stereocenters. The molecule has 36 heavy (non-hydrogen) atoms. The summed E-state index contributed by atoms with van der Waals surface area (Å²) in [7, 11) is 3.14. The Kier molecular flexibility index (Phi) is 8.24. The van der Waals surface area contributed by atoms with Gasteiger partial charge in [0.1, 0.15) is 11.5 Å². The lowest BCUT2D eigenvalue weighted by molar-refractivity contribution is -0.118. The number of amides is 1. The second kappa shape index (κ2) is 11.7. The zero-order valence-corrected chi connectivity index (χ0v) is 21.5. The van der Waals surface area contributed by atoms with E-state index in [0.717, 1.165) is 16.8 Å². The Hall–Kier alpha value is -3.82. The topological polar surface area (TPSA) is 90.6 Å². The first kappa shape index (κ1) is 25.3. The molecule has 4 rings (SSSR count). The molecule has 0 saturated heterocycles. The number of carbonyl (C=O) groups excluding carboxylic acids is 1. The number of halogens is 1. The summed E-state index contributed by atoms with van der Waals surface area (Å²) in [6.07, 6.45) is 1.52. The van der Waals surface area contributed by atoms with E-state index in [2.05, 4.69) is 20.7 Å². The van der Waals surface area contributed by atoms with Crippen molar-refractivity contribution in [2.45, 2.75) is 12.1 Å². The summed E-state index contributed by atoms with van der Waals surface area (Å²) in [6, 6.07) is 20.7. The van der Waals surface area contributed by atoms with E-state index in [1.165, 1.54) is 18.0 Å². The predicted octanol–water partition coefficient (Wildman–Crippen LogP) is 5.16. The van der Waals surface area contributed by atoms with Crippen LogP contribution in [-0.4, -0.2) is 46.9 Å². The van der Waals surface area contributed by atoms with Crippen LogP contribution < -0.4 is 14.9 Å². The van der Waals surface area contributed by atoms with Gasteiger partial charge in [-0.05, 0) is 43.3 Å². The summed E-state index contributed by atoms with van der Waals surface area (Å²) in [5, 5.41) is 14.0. The quantitative estimate of drug-likeness (QED) is 0.186. The van der Waals surface area contributed by atoms with Crippen LogP contribution in [0.4, 0.5) is 0 Å². The standard InChI is InChI=1S/C26H24ClN5O3S/c1-17-4-6-18(7-5-17)25-30-31-26(32(25)21-11-9-20(27)10-12-21)36-16-24(33)29-28-15-19-8-13-22(34-2)14-23(19)35-3/h4-15H,16H2,1-3H3,(H,29,33). The number of nitrogens with one attached hydrogen (secondary N) is 1. The number of hydrogen-bond acceptors (Lipinski definition) is 7. The molecule has 0 saturated carbocycles. The monoisotopic (exact) mass is 521 g/mol. The van der Waals surface area contributed by atoms with Crippen LogP contribution >= 0.6 is 23.4 Å². The molecule has 0 unspecified atom stereocenters. The van der Waals surface area contributed by atoms with Gasteiger partial charge in [0.05, 0.1) is 26.2 Å². The van der Waals surface area contributed by atoms with E-state index >= 15 is 0 Å². The van der Waals surface area contributed by atoms with Crippen molar-refractivity contribution in [3.05, 3.63) is 82.9 Å². The maximum atomic E-state index is 12.5. The second-order valence-corrected chi connectivity index (χ2v) is 9.05. The molecular weight excluding hydrogens is 498 g/mol. The second-order valence-electron chi connectivity index (χ2n) is 7.67. The van der Waals surface area contributed by atoms with Gasteiger partial charge in [0, 0.05) is 27.9 Å². The molecule has 4 aromatic rings. The Balaban J connectivity index is 1.49. The molecule has 1 N–H and O–H groups in total. The molecule has 0 spiro atoms. The molecular formula is C26H24ClN5O3S. The number of benzene rings is 3. The van der Waals surface area contributed by atoms with E-state index in [1.54, 1.807) is 44.6 Å². The van der Waals surface area contributed by atoms with Gasteiger partial charge < -0.3 is 9.47 Å². The summed E-state index contributed by atoms with van der Waals surface area (Å²) in [4.78, 5) is 12.5. The Labute approximate surface area is 218 Å². The van der Waals surface area contributed by atoms with Crippen molar-refractivity contribution in [2.75, 3.05) is 20.0 Å². The molecule has 0 fully saturated rings. The lowest BCUT2D eigenvalue weighted by Crippen LogP contribution is -2.20. The van der Waals surface area contributed by atoms with Gasteiger partial charge in [0.15, 0.2) is 11.0 Å². The lowest BCUT2D eigenvalue weighted by atomic mass is 10.1. The number of ether oxygens (including phenoxy) is 2. The number of hydrogen-bond donors (Lipinski definition) is 1. The van der Waals surface area contributed by atoms with E-state index in [4.69, 9.17) is 21.1 Å². The van der Waals surface area contributed by atoms with Crippen LogP contribution in [-0.2, 0) is 4.79 Å². The fourth-order valence-corrected chi connectivity index (χ4v) is 4.21. The van der Waals surface area contributed by atoms with Gasteiger partial charge in [-0.2, -0.15) is 5.10 Å². The number of rotatable bonds is 9. The molecule has 1 amide bonds. The zero-order chi connectivity index (χ0) is 25.5. The highest BCUT2D eigenvalue weighted by atomic mass is 35.5. The minimum absolute atomic E-state index is 0.0940.